The van der Waals surface area contributed by atoms with E-state index in [2.05, 4.69) is 10.1 Å². The lowest BCUT2D eigenvalue weighted by molar-refractivity contribution is -0.122. The second-order valence-corrected chi connectivity index (χ2v) is 3.98. The zero-order chi connectivity index (χ0) is 15.1. The third-order valence-electron chi connectivity index (χ3n) is 2.38. The van der Waals surface area contributed by atoms with Crippen molar-refractivity contribution in [1.29, 1.82) is 0 Å². The van der Waals surface area contributed by atoms with E-state index in [1.54, 1.807) is 0 Å². The Morgan fingerprint density at radius 1 is 1.50 bits per heavy atom. The van der Waals surface area contributed by atoms with Crippen molar-refractivity contribution in [3.8, 4) is 0 Å². The minimum Gasteiger partial charge on any atom is -0.478 e. The number of hydrogen-bond acceptors (Lipinski definition) is 4. The molecule has 0 spiro atoms. The van der Waals surface area contributed by atoms with Crippen molar-refractivity contribution in [3.05, 3.63) is 23.2 Å². The third kappa shape index (κ3) is 5.35. The van der Waals surface area contributed by atoms with E-state index in [1.165, 1.54) is 13.0 Å². The Labute approximate surface area is 113 Å². The van der Waals surface area contributed by atoms with E-state index in [0.717, 1.165) is 0 Å². The molecule has 0 atom stereocenters. The summed E-state index contributed by atoms with van der Waals surface area (Å²) in [5.74, 6) is -0.946. The van der Waals surface area contributed by atoms with Gasteiger partial charge < -0.3 is 19.6 Å². The van der Waals surface area contributed by atoms with E-state index < -0.39 is 24.9 Å². The Balaban J connectivity index is 2.30. The molecule has 6 nitrogen and oxygen atoms in total. The first-order chi connectivity index (χ1) is 9.40. The molecule has 0 fully saturated rings. The average Bonchev–Trinajstić information content (AvgIpc) is 2.73. The molecular weight excluding hydrogens is 276 g/mol. The molecule has 0 saturated carbocycles. The number of carbonyl (C=O) groups is 2. The van der Waals surface area contributed by atoms with E-state index in [1.807, 2.05) is 0 Å². The fourth-order valence-electron chi connectivity index (χ4n) is 1.45. The molecule has 0 aliphatic rings. The van der Waals surface area contributed by atoms with Gasteiger partial charge in [0.25, 0.3) is 6.43 Å². The molecule has 1 rings (SSSR count). The first-order valence-electron chi connectivity index (χ1n) is 5.85. The maximum atomic E-state index is 11.7. The monoisotopic (exact) mass is 291 g/mol. The van der Waals surface area contributed by atoms with E-state index in [4.69, 9.17) is 9.52 Å². The maximum Gasteiger partial charge on any atom is 0.339 e. The number of nitrogens with one attached hydrogen (secondary N) is 1. The number of carboxylic acids is 1. The lowest BCUT2D eigenvalue weighted by Gasteiger charge is -2.04. The molecule has 112 valence electrons. The molecule has 0 aromatic carbocycles. The van der Waals surface area contributed by atoms with Crippen molar-refractivity contribution in [1.82, 2.24) is 5.32 Å². The normalized spacial score (nSPS) is 10.8. The predicted molar refractivity (Wildman–Crippen MR) is 63.7 cm³/mol. The molecule has 1 aromatic rings. The van der Waals surface area contributed by atoms with E-state index in [-0.39, 0.29) is 30.9 Å². The summed E-state index contributed by atoms with van der Waals surface area (Å²) >= 11 is 0. The van der Waals surface area contributed by atoms with Gasteiger partial charge in [-0.1, -0.05) is 0 Å². The molecule has 0 saturated heterocycles. The fourth-order valence-corrected chi connectivity index (χ4v) is 1.45. The number of halogens is 2. The summed E-state index contributed by atoms with van der Waals surface area (Å²) in [5, 5.41) is 11.3. The number of ether oxygens (including phenoxy) is 1. The highest BCUT2D eigenvalue weighted by Crippen LogP contribution is 2.14. The fraction of sp³-hybridized carbons (Fsp3) is 0.500. The van der Waals surface area contributed by atoms with Crippen molar-refractivity contribution in [2.75, 3.05) is 13.2 Å². The summed E-state index contributed by atoms with van der Waals surface area (Å²) in [6, 6.07) is 1.32. The molecule has 1 amide bonds. The van der Waals surface area contributed by atoms with Gasteiger partial charge in [-0.3, -0.25) is 4.79 Å². The Bertz CT molecular complexity index is 472. The van der Waals surface area contributed by atoms with Crippen LogP contribution in [-0.4, -0.2) is 36.6 Å². The first kappa shape index (κ1) is 16.1. The van der Waals surface area contributed by atoms with Crippen molar-refractivity contribution in [3.63, 3.8) is 0 Å². The van der Waals surface area contributed by atoms with Crippen LogP contribution < -0.4 is 5.32 Å². The van der Waals surface area contributed by atoms with Crippen molar-refractivity contribution < 1.29 is 32.6 Å². The van der Waals surface area contributed by atoms with Crippen LogP contribution in [-0.2, 0) is 16.1 Å². The topological polar surface area (TPSA) is 88.8 Å². The number of furan rings is 1. The average molecular weight is 291 g/mol. The second-order valence-electron chi connectivity index (χ2n) is 3.98. The summed E-state index contributed by atoms with van der Waals surface area (Å²) < 4.78 is 33.2. The van der Waals surface area contributed by atoms with Crippen molar-refractivity contribution in [2.45, 2.75) is 26.3 Å². The molecule has 1 heterocycles. The van der Waals surface area contributed by atoms with Crippen molar-refractivity contribution in [2.24, 2.45) is 0 Å². The summed E-state index contributed by atoms with van der Waals surface area (Å²) in [6.07, 6.45) is -2.61. The van der Waals surface area contributed by atoms with Gasteiger partial charge in [0, 0.05) is 6.42 Å². The summed E-state index contributed by atoms with van der Waals surface area (Å²) in [4.78, 5) is 22.1. The van der Waals surface area contributed by atoms with Crippen LogP contribution in [0.3, 0.4) is 0 Å². The number of alkyl halides is 2. The number of amides is 1. The van der Waals surface area contributed by atoms with Crippen LogP contribution in [0.15, 0.2) is 10.5 Å². The molecule has 0 unspecified atom stereocenters. The van der Waals surface area contributed by atoms with Gasteiger partial charge in [0.15, 0.2) is 0 Å². The van der Waals surface area contributed by atoms with Gasteiger partial charge in [0.2, 0.25) is 5.91 Å². The molecular formula is C12H15F2NO5. The van der Waals surface area contributed by atoms with Gasteiger partial charge in [0.1, 0.15) is 23.7 Å². The van der Waals surface area contributed by atoms with Gasteiger partial charge in [-0.05, 0) is 13.0 Å². The van der Waals surface area contributed by atoms with Crippen LogP contribution in [0.4, 0.5) is 8.78 Å². The van der Waals surface area contributed by atoms with Crippen LogP contribution in [0.25, 0.3) is 0 Å². The lowest BCUT2D eigenvalue weighted by Crippen LogP contribution is -2.24. The molecule has 0 bridgehead atoms. The Morgan fingerprint density at radius 3 is 2.75 bits per heavy atom. The number of rotatable bonds is 8. The maximum absolute atomic E-state index is 11.7. The molecule has 0 radical (unpaired) electrons. The highest BCUT2D eigenvalue weighted by molar-refractivity contribution is 5.88. The SMILES string of the molecule is Cc1oc(CNC(=O)CCOCC(F)F)cc1C(=O)O. The highest BCUT2D eigenvalue weighted by atomic mass is 19.3. The highest BCUT2D eigenvalue weighted by Gasteiger charge is 2.14. The van der Waals surface area contributed by atoms with Crippen molar-refractivity contribution >= 4 is 11.9 Å². The van der Waals surface area contributed by atoms with Gasteiger partial charge in [-0.25, -0.2) is 13.6 Å². The quantitative estimate of drug-likeness (QED) is 0.710. The standard InChI is InChI=1S/C12H15F2NO5/c1-7-9(12(17)18)4-8(20-7)5-15-11(16)2-3-19-6-10(13)14/h4,10H,2-3,5-6H2,1H3,(H,15,16)(H,17,18). The Morgan fingerprint density at radius 2 is 2.20 bits per heavy atom. The molecule has 0 aliphatic carbocycles. The van der Waals surface area contributed by atoms with Crippen LogP contribution in [0, 0.1) is 6.92 Å². The van der Waals surface area contributed by atoms with Gasteiger partial charge in [-0.2, -0.15) is 0 Å². The van der Waals surface area contributed by atoms with Crippen LogP contribution in [0.2, 0.25) is 0 Å². The number of carbonyl (C=O) groups excluding carboxylic acids is 1. The van der Waals surface area contributed by atoms with E-state index >= 15 is 0 Å². The third-order valence-corrected chi connectivity index (χ3v) is 2.38. The number of aryl methyl sites for hydroxylation is 1. The number of carboxylic acid groups (broad SMARTS) is 1. The molecule has 1 aromatic heterocycles. The molecule has 2 N–H and O–H groups in total. The minimum atomic E-state index is -2.56. The summed E-state index contributed by atoms with van der Waals surface area (Å²) in [5.41, 5.74) is 0.0366. The van der Waals surface area contributed by atoms with Gasteiger partial charge >= 0.3 is 5.97 Å². The molecule has 8 heteroatoms. The lowest BCUT2D eigenvalue weighted by atomic mass is 10.2. The first-order valence-corrected chi connectivity index (χ1v) is 5.85. The largest absolute Gasteiger partial charge is 0.478 e. The smallest absolute Gasteiger partial charge is 0.339 e. The molecule has 20 heavy (non-hydrogen) atoms. The molecule has 0 aliphatic heterocycles. The second kappa shape index (κ2) is 7.59. The summed E-state index contributed by atoms with van der Waals surface area (Å²) in [7, 11) is 0. The zero-order valence-electron chi connectivity index (χ0n) is 10.8. The minimum absolute atomic E-state index is 0.0296. The van der Waals surface area contributed by atoms with Gasteiger partial charge in [-0.15, -0.1) is 0 Å². The van der Waals surface area contributed by atoms with E-state index in [0.29, 0.717) is 5.76 Å². The number of aromatic carboxylic acids is 1. The Kier molecular flexibility index (Phi) is 6.10. The Hall–Kier alpha value is -1.96. The van der Waals surface area contributed by atoms with Crippen LogP contribution >= 0.6 is 0 Å². The van der Waals surface area contributed by atoms with Gasteiger partial charge in [0.05, 0.1) is 13.2 Å². The van der Waals surface area contributed by atoms with E-state index in [9.17, 15) is 18.4 Å². The zero-order valence-corrected chi connectivity index (χ0v) is 10.8. The number of hydrogen-bond donors (Lipinski definition) is 2. The summed E-state index contributed by atoms with van der Waals surface area (Å²) in [6.45, 7) is 0.731. The van der Waals surface area contributed by atoms with Crippen LogP contribution in [0.5, 0.6) is 0 Å². The van der Waals surface area contributed by atoms with Crippen LogP contribution in [0.1, 0.15) is 28.3 Å². The predicted octanol–water partition coefficient (Wildman–Crippen LogP) is 1.57.